The summed E-state index contributed by atoms with van der Waals surface area (Å²) >= 11 is 0. The van der Waals surface area contributed by atoms with Gasteiger partial charge in [0.15, 0.2) is 12.7 Å². The zero-order valence-corrected chi connectivity index (χ0v) is 36.5. The minimum absolute atomic E-state index is 0.211. The fraction of sp³-hybridized carbons (Fsp3) is 0.188. The van der Waals surface area contributed by atoms with Gasteiger partial charge in [-0.3, -0.25) is 0 Å². The summed E-state index contributed by atoms with van der Waals surface area (Å²) in [5.74, 6) is -0.211. The summed E-state index contributed by atoms with van der Waals surface area (Å²) in [6.07, 6.45) is -52.9. The summed E-state index contributed by atoms with van der Waals surface area (Å²) in [5.41, 5.74) is -29.1. The minimum Gasteiger partial charge on any atom is -0.194 e. The van der Waals surface area contributed by atoms with Crippen molar-refractivity contribution >= 4 is 38.8 Å². The maximum Gasteiger partial charge on any atom is 0.416 e. The Kier molecular flexibility index (Phi) is 15.0. The predicted molar refractivity (Wildman–Crippen MR) is 220 cm³/mol. The van der Waals surface area contributed by atoms with Crippen LogP contribution >= 0.6 is 0 Å². The molecule has 400 valence electrons. The van der Waals surface area contributed by atoms with Crippen molar-refractivity contribution in [3.8, 4) is 0 Å². The smallest absolute Gasteiger partial charge is 0.194 e. The van der Waals surface area contributed by atoms with Gasteiger partial charge in [-0.05, 0) is 35.7 Å². The first-order chi connectivity index (χ1) is 34.1. The van der Waals surface area contributed by atoms with Crippen LogP contribution in [0.1, 0.15) is 50.1 Å². The average molecular weight is 1100 g/mol. The molecule has 0 aliphatic carbocycles. The third-order valence-electron chi connectivity index (χ3n) is 11.5. The zero-order chi connectivity index (χ0) is 56.3. The fourth-order valence-electron chi connectivity index (χ4n) is 8.17. The molecule has 0 N–H and O–H groups in total. The van der Waals surface area contributed by atoms with E-state index in [1.165, 1.54) is 0 Å². The van der Waals surface area contributed by atoms with Crippen LogP contribution in [0.25, 0.3) is 10.8 Å². The van der Waals surface area contributed by atoms with E-state index in [-0.39, 0.29) is 5.95 Å². The van der Waals surface area contributed by atoms with Crippen LogP contribution in [0.4, 0.5) is 110 Å². The van der Waals surface area contributed by atoms with Gasteiger partial charge in [-0.25, -0.2) is 0 Å². The van der Waals surface area contributed by atoms with E-state index in [9.17, 15) is 110 Å². The first kappa shape index (κ1) is 57.3. The van der Waals surface area contributed by atoms with Gasteiger partial charge in [0.1, 0.15) is 6.15 Å². The lowest BCUT2D eigenvalue weighted by molar-refractivity contribution is -0.714. The van der Waals surface area contributed by atoms with Gasteiger partial charge in [0.25, 0.3) is 0 Å². The summed E-state index contributed by atoms with van der Waals surface area (Å²) in [4.78, 5) is 0. The Balaban J connectivity index is 0.000000421. The quantitative estimate of drug-likeness (QED) is 0.0676. The molecular weight excluding hydrogens is 1080 g/mol. The first-order valence-electron chi connectivity index (χ1n) is 20.6. The van der Waals surface area contributed by atoms with Crippen LogP contribution in [0.15, 0.2) is 140 Å². The molecule has 0 bridgehead atoms. The molecule has 0 amide bonds. The number of hydrogen-bond acceptors (Lipinski definition) is 0. The Hall–Kier alpha value is -6.96. The summed E-state index contributed by atoms with van der Waals surface area (Å²) in [7, 11) is 0. The largest absolute Gasteiger partial charge is 0.416 e. The number of alkyl halides is 24. The van der Waals surface area contributed by atoms with Crippen molar-refractivity contribution < 1.29 is 114 Å². The Morgan fingerprint density at radius 1 is 0.293 bits per heavy atom. The van der Waals surface area contributed by atoms with E-state index in [2.05, 4.69) is 0 Å². The van der Waals surface area contributed by atoms with E-state index in [1.807, 2.05) is 60.8 Å². The number of benzene rings is 6. The highest BCUT2D eigenvalue weighted by Crippen LogP contribution is 2.41. The van der Waals surface area contributed by atoms with E-state index in [0.29, 0.717) is 6.54 Å². The molecule has 0 radical (unpaired) electrons. The van der Waals surface area contributed by atoms with Gasteiger partial charge in [0.05, 0.1) is 44.5 Å². The second-order valence-corrected chi connectivity index (χ2v) is 16.6. The second kappa shape index (κ2) is 19.6. The maximum atomic E-state index is 14.2. The van der Waals surface area contributed by atoms with Gasteiger partial charge in [-0.1, -0.05) is 97.1 Å². The molecule has 75 heavy (non-hydrogen) atoms. The Bertz CT molecular complexity index is 2750. The van der Waals surface area contributed by atoms with Crippen molar-refractivity contribution in [3.63, 3.8) is 0 Å². The molecule has 7 aromatic rings. The number of aromatic nitrogens is 1. The molecule has 0 fully saturated rings. The van der Waals surface area contributed by atoms with Crippen LogP contribution in [-0.4, -0.2) is 6.15 Å². The summed E-state index contributed by atoms with van der Waals surface area (Å²) in [6.45, 7) is 0.553. The minimum atomic E-state index is -6.13. The third kappa shape index (κ3) is 12.9. The summed E-state index contributed by atoms with van der Waals surface area (Å²) in [6, 6.07) is 10.5. The number of halogens is 25. The highest BCUT2D eigenvalue weighted by atomic mass is 19.4. The van der Waals surface area contributed by atoms with Crippen molar-refractivity contribution in [2.75, 3.05) is 0 Å². The molecule has 0 spiro atoms. The SMILES string of the molecule is FC(F)(F)c1cc([B-](c2cc(C(F)(F)F)cc(C(F)(F)F)c2)(c2cc(C(F)(F)F)cc(C(F)(F)F)c2)c2cc(C(F)(F)F)cc(C(F)(F)F)c2)cc(C(F)(F)F)c1.Fc1cc2ccccc2c[n+]1Cc1ccccc1. The lowest BCUT2D eigenvalue weighted by Crippen LogP contribution is -2.75. The standard InChI is InChI=1S/C32H12BF24.C16H13FN/c34-25(35,36)13-1-14(26(37,38)39)6-21(5-13)33(22-7-15(27(40,41)42)2-16(8-22)28(43,44)45,23-9-17(29(46,47)48)3-18(10-23)30(49,50)51)24-11-19(31(52,53)54)4-20(12-24)32(55,56)57;17-16-10-14-8-4-5-9-15(14)12-18(16)11-13-6-2-1-3-7-13/h1-12H;1-10,12H,11H2/q-1;+1. The van der Waals surface area contributed by atoms with Crippen molar-refractivity contribution in [3.05, 3.63) is 196 Å². The number of rotatable bonds is 6. The van der Waals surface area contributed by atoms with Crippen LogP contribution < -0.4 is 26.4 Å². The monoisotopic (exact) mass is 1100 g/mol. The van der Waals surface area contributed by atoms with Gasteiger partial charge >= 0.3 is 55.4 Å². The zero-order valence-electron chi connectivity index (χ0n) is 36.5. The van der Waals surface area contributed by atoms with Gasteiger partial charge in [0.2, 0.25) is 0 Å². The van der Waals surface area contributed by atoms with Gasteiger partial charge < -0.3 is 0 Å². The van der Waals surface area contributed by atoms with Crippen molar-refractivity contribution in [1.82, 2.24) is 0 Å². The molecular formula is C48H25BF25N. The van der Waals surface area contributed by atoms with Crippen LogP contribution in [0, 0.1) is 5.95 Å². The normalized spacial score (nSPS) is 13.5. The van der Waals surface area contributed by atoms with E-state index < -0.39 is 195 Å². The Morgan fingerprint density at radius 3 is 0.787 bits per heavy atom. The molecule has 7 rings (SSSR count). The van der Waals surface area contributed by atoms with Gasteiger partial charge in [-0.15, -0.1) is 4.39 Å². The van der Waals surface area contributed by atoms with Crippen LogP contribution in [0.5, 0.6) is 0 Å². The maximum absolute atomic E-state index is 14.2. The predicted octanol–water partition coefficient (Wildman–Crippen LogP) is 14.5. The number of nitrogens with zero attached hydrogens (tertiary/aromatic N) is 1. The molecule has 1 aromatic heterocycles. The molecule has 1 nitrogen and oxygen atoms in total. The highest BCUT2D eigenvalue weighted by molar-refractivity contribution is 7.20. The van der Waals surface area contributed by atoms with Gasteiger partial charge in [0, 0.05) is 17.0 Å². The van der Waals surface area contributed by atoms with Crippen molar-refractivity contribution in [2.24, 2.45) is 0 Å². The van der Waals surface area contributed by atoms with E-state index in [4.69, 9.17) is 0 Å². The first-order valence-corrected chi connectivity index (χ1v) is 20.6. The second-order valence-electron chi connectivity index (χ2n) is 16.6. The van der Waals surface area contributed by atoms with Crippen LogP contribution in [0.2, 0.25) is 0 Å². The van der Waals surface area contributed by atoms with Crippen LogP contribution in [-0.2, 0) is 56.0 Å². The average Bonchev–Trinajstić information content (AvgIpc) is 3.27. The van der Waals surface area contributed by atoms with Crippen molar-refractivity contribution in [2.45, 2.75) is 56.0 Å². The molecule has 1 heterocycles. The number of hydrogen-bond donors (Lipinski definition) is 0. The van der Waals surface area contributed by atoms with Crippen LogP contribution in [0.3, 0.4) is 0 Å². The van der Waals surface area contributed by atoms with Gasteiger partial charge in [-0.2, -0.15) is 132 Å². The molecule has 0 aliphatic heterocycles. The third-order valence-corrected chi connectivity index (χ3v) is 11.5. The molecule has 0 saturated carbocycles. The molecule has 0 saturated heterocycles. The molecule has 0 unspecified atom stereocenters. The lowest BCUT2D eigenvalue weighted by Gasteiger charge is -2.46. The summed E-state index contributed by atoms with van der Waals surface area (Å²) in [5, 5.41) is 1.98. The van der Waals surface area contributed by atoms with E-state index >= 15 is 0 Å². The molecule has 0 atom stereocenters. The number of fused-ring (bicyclic) bond motifs is 1. The fourth-order valence-corrected chi connectivity index (χ4v) is 8.17. The summed E-state index contributed by atoms with van der Waals surface area (Å²) < 4.78 is 356. The topological polar surface area (TPSA) is 3.88 Å². The van der Waals surface area contributed by atoms with E-state index in [0.717, 1.165) is 16.3 Å². The Morgan fingerprint density at radius 2 is 0.533 bits per heavy atom. The Labute approximate surface area is 404 Å². The van der Waals surface area contributed by atoms with E-state index in [1.54, 1.807) is 10.6 Å². The molecule has 6 aromatic carbocycles. The van der Waals surface area contributed by atoms with Crippen molar-refractivity contribution in [1.29, 1.82) is 0 Å². The number of pyridine rings is 1. The lowest BCUT2D eigenvalue weighted by atomic mass is 9.12. The molecule has 0 aliphatic rings. The highest BCUT2D eigenvalue weighted by Gasteiger charge is 2.47. The molecule has 27 heteroatoms.